The molecule has 0 saturated heterocycles. The summed E-state index contributed by atoms with van der Waals surface area (Å²) in [6.07, 6.45) is 9.95. The predicted molar refractivity (Wildman–Crippen MR) is 183 cm³/mol. The van der Waals surface area contributed by atoms with E-state index in [1.807, 2.05) is 49.6 Å². The number of fused-ring (bicyclic) bond motifs is 1. The molecule has 0 atom stereocenters. The lowest BCUT2D eigenvalue weighted by Gasteiger charge is -2.23. The summed E-state index contributed by atoms with van der Waals surface area (Å²) in [6.45, 7) is 7.96. The van der Waals surface area contributed by atoms with Crippen molar-refractivity contribution < 1.29 is 19.1 Å². The average Bonchev–Trinajstić information content (AvgIpc) is 3.60. The first-order valence-corrected chi connectivity index (χ1v) is 16.6. The summed E-state index contributed by atoms with van der Waals surface area (Å²) < 4.78 is 16.1. The number of nitrogens with one attached hydrogen (secondary N) is 3. The Labute approximate surface area is 274 Å². The number of hydrogen-bond acceptors (Lipinski definition) is 8. The molecule has 1 aliphatic carbocycles. The summed E-state index contributed by atoms with van der Waals surface area (Å²) in [5, 5.41) is 14.0. The minimum Gasteiger partial charge on any atom is -0.491 e. The Bertz CT molecular complexity index is 1800. The number of anilines is 3. The van der Waals surface area contributed by atoms with Crippen LogP contribution in [0, 0.1) is 13.8 Å². The monoisotopic (exact) mass is 640 g/mol. The van der Waals surface area contributed by atoms with Gasteiger partial charge in [0.2, 0.25) is 5.95 Å². The number of benzene rings is 2. The van der Waals surface area contributed by atoms with E-state index in [1.165, 1.54) is 6.42 Å². The lowest BCUT2D eigenvalue weighted by atomic mass is 9.95. The van der Waals surface area contributed by atoms with Crippen LogP contribution in [0.5, 0.6) is 11.5 Å². The van der Waals surface area contributed by atoms with Crippen LogP contribution in [-0.4, -0.2) is 56.9 Å². The average molecular weight is 641 g/mol. The van der Waals surface area contributed by atoms with Gasteiger partial charge in [-0.25, -0.2) is 4.98 Å². The number of nitrogens with zero attached hydrogens (tertiary/aromatic N) is 4. The van der Waals surface area contributed by atoms with Crippen molar-refractivity contribution in [1.29, 1.82) is 0 Å². The summed E-state index contributed by atoms with van der Waals surface area (Å²) in [5.74, 6) is 1.07. The number of amides is 2. The fourth-order valence-electron chi connectivity index (χ4n) is 6.33. The Balaban J connectivity index is 1.37. The van der Waals surface area contributed by atoms with E-state index in [0.29, 0.717) is 84.7 Å². The van der Waals surface area contributed by atoms with Crippen LogP contribution in [0.4, 0.5) is 17.3 Å². The number of rotatable bonds is 5. The molecule has 4 aromatic rings. The lowest BCUT2D eigenvalue weighted by Crippen LogP contribution is -2.36. The molecule has 0 unspecified atom stereocenters. The first kappa shape index (κ1) is 32.0. The van der Waals surface area contributed by atoms with Gasteiger partial charge in [0, 0.05) is 37.7 Å². The molecule has 2 aromatic heterocycles. The second-order valence-electron chi connectivity index (χ2n) is 12.3. The first-order chi connectivity index (χ1) is 22.8. The molecule has 248 valence electrons. The number of allylic oxidation sites excluding steroid dienone is 1. The van der Waals surface area contributed by atoms with Crippen LogP contribution in [0.2, 0.25) is 0 Å². The van der Waals surface area contributed by atoms with Gasteiger partial charge in [-0.1, -0.05) is 31.4 Å². The summed E-state index contributed by atoms with van der Waals surface area (Å²) in [6, 6.07) is 9.35. The topological polar surface area (TPSA) is 150 Å². The Hall–Kier alpha value is -5.00. The maximum atomic E-state index is 13.5. The van der Waals surface area contributed by atoms with Crippen LogP contribution in [0.15, 0.2) is 42.5 Å². The zero-order valence-electron chi connectivity index (χ0n) is 27.4. The van der Waals surface area contributed by atoms with Gasteiger partial charge < -0.3 is 30.4 Å². The van der Waals surface area contributed by atoms with E-state index in [4.69, 9.17) is 20.2 Å². The van der Waals surface area contributed by atoms with E-state index in [0.717, 1.165) is 42.6 Å². The summed E-state index contributed by atoms with van der Waals surface area (Å²) in [7, 11) is 0. The highest BCUT2D eigenvalue weighted by atomic mass is 16.5. The third-order valence-electron chi connectivity index (χ3n) is 8.60. The van der Waals surface area contributed by atoms with Crippen LogP contribution in [0.25, 0.3) is 11.0 Å². The molecule has 6 rings (SSSR count). The van der Waals surface area contributed by atoms with Gasteiger partial charge in [0.25, 0.3) is 11.8 Å². The van der Waals surface area contributed by atoms with Crippen molar-refractivity contribution in [3.63, 3.8) is 0 Å². The van der Waals surface area contributed by atoms with Crippen molar-refractivity contribution >= 4 is 40.2 Å². The van der Waals surface area contributed by atoms with Gasteiger partial charge in [0.1, 0.15) is 28.4 Å². The molecule has 1 aliphatic heterocycles. The van der Waals surface area contributed by atoms with Crippen molar-refractivity contribution in [1.82, 2.24) is 24.6 Å². The van der Waals surface area contributed by atoms with E-state index >= 15 is 0 Å². The Morgan fingerprint density at radius 1 is 0.979 bits per heavy atom. The molecule has 12 heteroatoms. The second-order valence-corrected chi connectivity index (χ2v) is 12.3. The van der Waals surface area contributed by atoms with Gasteiger partial charge in [-0.3, -0.25) is 19.6 Å². The van der Waals surface area contributed by atoms with Crippen molar-refractivity contribution in [3.8, 4) is 11.5 Å². The molecule has 1 saturated carbocycles. The highest BCUT2D eigenvalue weighted by Crippen LogP contribution is 2.34. The standard InChI is InChI=1S/C35H44N8O4/c1-4-43-28(19-23(3)41-43)34(45)40-35-39-27-20-24(33(44)38-25-11-6-5-7-12-25)21-30-32(27)42(35)14-9-8-13-37-31-26(36)17-22(2)18-29(31)46-15-10-16-47-30/h8-9,17-21,25,37H,4-7,10-16,36H2,1-3H3,(H,38,44)(H,39,40,45)/b9-8+. The summed E-state index contributed by atoms with van der Waals surface area (Å²) >= 11 is 0. The SMILES string of the molecule is CCn1nc(C)cc1C(=O)Nc1nc2cc(C(=O)NC3CCCCC3)cc3c2n1C/C=C/CNc1c(N)cc(C)cc1OCCCO3. The minimum atomic E-state index is -0.321. The molecule has 5 N–H and O–H groups in total. The normalized spacial score (nSPS) is 16.5. The summed E-state index contributed by atoms with van der Waals surface area (Å²) in [5.41, 5.74) is 11.6. The third kappa shape index (κ3) is 7.21. The number of carbonyl (C=O) groups excluding carboxylic acids is 2. The number of carbonyl (C=O) groups is 2. The highest BCUT2D eigenvalue weighted by Gasteiger charge is 2.23. The van der Waals surface area contributed by atoms with Gasteiger partial charge in [-0.05, 0) is 69.5 Å². The maximum absolute atomic E-state index is 13.5. The molecule has 0 spiro atoms. The quantitative estimate of drug-likeness (QED) is 0.163. The lowest BCUT2D eigenvalue weighted by molar-refractivity contribution is 0.0926. The molecule has 0 radical (unpaired) electrons. The van der Waals surface area contributed by atoms with Crippen LogP contribution in [0.3, 0.4) is 0 Å². The number of nitrogens with two attached hydrogens (primary N) is 1. The van der Waals surface area contributed by atoms with Crippen molar-refractivity contribution in [3.05, 3.63) is 65.0 Å². The zero-order chi connectivity index (χ0) is 32.9. The molecule has 2 amide bonds. The number of imidazole rings is 1. The number of ether oxygens (including phenoxy) is 2. The van der Waals surface area contributed by atoms with Gasteiger partial charge in [-0.2, -0.15) is 5.10 Å². The maximum Gasteiger partial charge on any atom is 0.276 e. The molecule has 3 heterocycles. The van der Waals surface area contributed by atoms with Crippen molar-refractivity contribution in [2.75, 3.05) is 36.1 Å². The zero-order valence-corrected chi connectivity index (χ0v) is 27.4. The number of aryl methyl sites for hydroxylation is 3. The predicted octanol–water partition coefficient (Wildman–Crippen LogP) is 5.60. The molecular weight excluding hydrogens is 596 g/mol. The Morgan fingerprint density at radius 3 is 2.55 bits per heavy atom. The minimum absolute atomic E-state index is 0.154. The first-order valence-electron chi connectivity index (χ1n) is 16.6. The van der Waals surface area contributed by atoms with E-state index in [-0.39, 0.29) is 17.9 Å². The third-order valence-corrected chi connectivity index (χ3v) is 8.60. The van der Waals surface area contributed by atoms with Crippen molar-refractivity contribution in [2.45, 2.75) is 78.4 Å². The molecule has 2 aromatic carbocycles. The molecule has 12 nitrogen and oxygen atoms in total. The smallest absolute Gasteiger partial charge is 0.276 e. The molecule has 47 heavy (non-hydrogen) atoms. The van der Waals surface area contributed by atoms with E-state index in [2.05, 4.69) is 21.0 Å². The van der Waals surface area contributed by atoms with E-state index in [9.17, 15) is 9.59 Å². The Morgan fingerprint density at radius 2 is 1.77 bits per heavy atom. The van der Waals surface area contributed by atoms with Gasteiger partial charge in [-0.15, -0.1) is 0 Å². The second kappa shape index (κ2) is 14.2. The van der Waals surface area contributed by atoms with Crippen LogP contribution in [0.1, 0.15) is 77.6 Å². The van der Waals surface area contributed by atoms with Gasteiger partial charge in [0.05, 0.1) is 30.1 Å². The fraction of sp³-hybridized carbons (Fsp3) is 0.429. The number of hydrogen-bond donors (Lipinski definition) is 4. The molecular formula is C35H44N8O4. The van der Waals surface area contributed by atoms with E-state index in [1.54, 1.807) is 22.9 Å². The highest BCUT2D eigenvalue weighted by molar-refractivity contribution is 6.04. The van der Waals surface area contributed by atoms with Gasteiger partial charge in [0.15, 0.2) is 0 Å². The largest absolute Gasteiger partial charge is 0.491 e. The molecule has 1 fully saturated rings. The van der Waals surface area contributed by atoms with Crippen LogP contribution < -0.4 is 31.2 Å². The number of aromatic nitrogens is 4. The fourth-order valence-corrected chi connectivity index (χ4v) is 6.33. The van der Waals surface area contributed by atoms with Crippen LogP contribution in [-0.2, 0) is 13.1 Å². The van der Waals surface area contributed by atoms with Crippen LogP contribution >= 0.6 is 0 Å². The van der Waals surface area contributed by atoms with Gasteiger partial charge >= 0.3 is 0 Å². The summed E-state index contributed by atoms with van der Waals surface area (Å²) in [4.78, 5) is 31.9. The Kier molecular flexibility index (Phi) is 9.65. The van der Waals surface area contributed by atoms with E-state index < -0.39 is 0 Å². The molecule has 2 aliphatic rings. The number of nitrogen functional groups attached to an aromatic ring is 1. The molecule has 0 bridgehead atoms. The van der Waals surface area contributed by atoms with Crippen molar-refractivity contribution in [2.24, 2.45) is 0 Å².